The van der Waals surface area contributed by atoms with Gasteiger partial charge in [-0.1, -0.05) is 71.9 Å². The first-order valence-electron chi connectivity index (χ1n) is 9.35. The van der Waals surface area contributed by atoms with E-state index in [1.165, 1.54) is 11.8 Å². The highest BCUT2D eigenvalue weighted by atomic mass is 35.5. The van der Waals surface area contributed by atoms with Gasteiger partial charge in [-0.15, -0.1) is 5.10 Å². The third kappa shape index (κ3) is 4.87. The predicted octanol–water partition coefficient (Wildman–Crippen LogP) is 4.80. The van der Waals surface area contributed by atoms with Crippen molar-refractivity contribution in [3.05, 3.63) is 89.4 Å². The van der Waals surface area contributed by atoms with Crippen LogP contribution in [0.15, 0.2) is 84.0 Å². The lowest BCUT2D eigenvalue weighted by molar-refractivity contribution is -0.115. The van der Waals surface area contributed by atoms with E-state index in [4.69, 9.17) is 16.3 Å². The van der Waals surface area contributed by atoms with Crippen LogP contribution in [0.3, 0.4) is 0 Å². The zero-order valence-electron chi connectivity index (χ0n) is 16.5. The monoisotopic (exact) mass is 451 g/mol. The Kier molecular flexibility index (Phi) is 6.49. The Hall–Kier alpha value is -3.36. The van der Waals surface area contributed by atoms with Crippen molar-refractivity contribution in [3.63, 3.8) is 0 Å². The summed E-state index contributed by atoms with van der Waals surface area (Å²) >= 11 is 7.47. The molecule has 0 radical (unpaired) electrons. The van der Waals surface area contributed by atoms with Gasteiger partial charge in [-0.25, -0.2) is 0 Å². The maximum atomic E-state index is 13.3. The van der Waals surface area contributed by atoms with Crippen molar-refractivity contribution in [2.75, 3.05) is 12.4 Å². The van der Waals surface area contributed by atoms with E-state index in [0.29, 0.717) is 21.6 Å². The molecule has 156 valence electrons. The summed E-state index contributed by atoms with van der Waals surface area (Å²) in [6.45, 7) is 0. The highest BCUT2D eigenvalue weighted by Crippen LogP contribution is 2.36. The lowest BCUT2D eigenvalue weighted by atomic mass is 10.1. The minimum absolute atomic E-state index is 0.222. The standard InChI is InChI=1S/C22H18ClN5O2S/c1-30-19-13-12-16(14-18(19)23)24-21(29)20(15-8-4-2-5-9-15)31-22-25-26-27-28(22)17-10-6-3-7-11-17/h2-14,20H,1H3,(H,24,29). The number of tetrazole rings is 1. The molecule has 7 nitrogen and oxygen atoms in total. The van der Waals surface area contributed by atoms with Crippen molar-refractivity contribution >= 4 is 35.0 Å². The van der Waals surface area contributed by atoms with Crippen LogP contribution >= 0.6 is 23.4 Å². The third-order valence-corrected chi connectivity index (χ3v) is 5.91. The van der Waals surface area contributed by atoms with Crippen molar-refractivity contribution in [2.24, 2.45) is 0 Å². The van der Waals surface area contributed by atoms with E-state index in [2.05, 4.69) is 20.8 Å². The van der Waals surface area contributed by atoms with E-state index in [1.54, 1.807) is 30.0 Å². The second-order valence-electron chi connectivity index (χ2n) is 6.46. The van der Waals surface area contributed by atoms with Crippen molar-refractivity contribution < 1.29 is 9.53 Å². The van der Waals surface area contributed by atoms with Gasteiger partial charge in [0.15, 0.2) is 0 Å². The zero-order chi connectivity index (χ0) is 21.6. The van der Waals surface area contributed by atoms with Crippen molar-refractivity contribution in [2.45, 2.75) is 10.4 Å². The van der Waals surface area contributed by atoms with Crippen LogP contribution in [0, 0.1) is 0 Å². The number of nitrogens with zero attached hydrogens (tertiary/aromatic N) is 4. The Balaban J connectivity index is 1.63. The first kappa shape index (κ1) is 20.9. The molecule has 1 heterocycles. The van der Waals surface area contributed by atoms with Gasteiger partial charge in [0, 0.05) is 5.69 Å². The summed E-state index contributed by atoms with van der Waals surface area (Å²) in [5.74, 6) is 0.315. The normalized spacial score (nSPS) is 11.7. The SMILES string of the molecule is COc1ccc(NC(=O)C(Sc2nnnn2-c2ccccc2)c2ccccc2)cc1Cl. The predicted molar refractivity (Wildman–Crippen MR) is 121 cm³/mol. The van der Waals surface area contributed by atoms with Gasteiger partial charge in [0.2, 0.25) is 11.1 Å². The van der Waals surface area contributed by atoms with E-state index >= 15 is 0 Å². The van der Waals surface area contributed by atoms with Crippen LogP contribution < -0.4 is 10.1 Å². The summed E-state index contributed by atoms with van der Waals surface area (Å²) in [5, 5.41) is 15.3. The summed E-state index contributed by atoms with van der Waals surface area (Å²) in [7, 11) is 1.54. The molecule has 0 aliphatic heterocycles. The maximum Gasteiger partial charge on any atom is 0.242 e. The highest BCUT2D eigenvalue weighted by Gasteiger charge is 2.25. The molecule has 0 aliphatic carbocycles. The number of anilines is 1. The molecule has 1 N–H and O–H groups in total. The van der Waals surface area contributed by atoms with Gasteiger partial charge in [-0.05, 0) is 46.3 Å². The number of methoxy groups -OCH3 is 1. The second kappa shape index (κ2) is 9.63. The Morgan fingerprint density at radius 2 is 1.77 bits per heavy atom. The van der Waals surface area contributed by atoms with Crippen LogP contribution in [-0.2, 0) is 4.79 Å². The van der Waals surface area contributed by atoms with E-state index in [1.807, 2.05) is 60.7 Å². The minimum atomic E-state index is -0.587. The van der Waals surface area contributed by atoms with Crippen LogP contribution in [0.5, 0.6) is 5.75 Å². The number of carbonyl (C=O) groups is 1. The molecule has 31 heavy (non-hydrogen) atoms. The van der Waals surface area contributed by atoms with Gasteiger partial charge in [0.1, 0.15) is 11.0 Å². The highest BCUT2D eigenvalue weighted by molar-refractivity contribution is 8.00. The number of benzene rings is 3. The largest absolute Gasteiger partial charge is 0.495 e. The number of aromatic nitrogens is 4. The van der Waals surface area contributed by atoms with Crippen LogP contribution in [0.2, 0.25) is 5.02 Å². The average molecular weight is 452 g/mol. The van der Waals surface area contributed by atoms with Crippen LogP contribution in [0.25, 0.3) is 5.69 Å². The molecule has 0 saturated heterocycles. The van der Waals surface area contributed by atoms with Gasteiger partial charge in [-0.2, -0.15) is 4.68 Å². The number of thioether (sulfide) groups is 1. The maximum absolute atomic E-state index is 13.3. The number of nitrogens with one attached hydrogen (secondary N) is 1. The van der Waals surface area contributed by atoms with Gasteiger partial charge in [0.05, 0.1) is 17.8 Å². The Labute approximate surface area is 188 Å². The first-order chi connectivity index (χ1) is 15.2. The van der Waals surface area contributed by atoms with Crippen molar-refractivity contribution in [3.8, 4) is 11.4 Å². The van der Waals surface area contributed by atoms with E-state index in [0.717, 1.165) is 11.3 Å². The molecule has 4 rings (SSSR count). The number of hydrogen-bond donors (Lipinski definition) is 1. The number of hydrogen-bond acceptors (Lipinski definition) is 6. The molecule has 0 saturated carbocycles. The lowest BCUT2D eigenvalue weighted by Gasteiger charge is -2.17. The Morgan fingerprint density at radius 3 is 2.45 bits per heavy atom. The number of halogens is 1. The molecule has 0 fully saturated rings. The summed E-state index contributed by atoms with van der Waals surface area (Å²) in [5.41, 5.74) is 2.20. The van der Waals surface area contributed by atoms with Crippen LogP contribution in [-0.4, -0.2) is 33.2 Å². The fraction of sp³-hybridized carbons (Fsp3) is 0.0909. The molecule has 3 aromatic carbocycles. The molecular formula is C22H18ClN5O2S. The summed E-state index contributed by atoms with van der Waals surface area (Å²) < 4.78 is 6.78. The quantitative estimate of drug-likeness (QED) is 0.406. The average Bonchev–Trinajstić information content (AvgIpc) is 3.27. The molecule has 1 atom stereocenters. The van der Waals surface area contributed by atoms with Crippen molar-refractivity contribution in [1.82, 2.24) is 20.2 Å². The number of amides is 1. The molecular weight excluding hydrogens is 434 g/mol. The third-order valence-electron chi connectivity index (χ3n) is 4.42. The molecule has 1 amide bonds. The fourth-order valence-electron chi connectivity index (χ4n) is 2.94. The molecule has 4 aromatic rings. The Bertz CT molecular complexity index is 1170. The van der Waals surface area contributed by atoms with Gasteiger partial charge < -0.3 is 10.1 Å². The smallest absolute Gasteiger partial charge is 0.242 e. The Morgan fingerprint density at radius 1 is 1.06 bits per heavy atom. The van der Waals surface area contributed by atoms with Crippen molar-refractivity contribution in [1.29, 1.82) is 0 Å². The van der Waals surface area contributed by atoms with E-state index in [-0.39, 0.29) is 5.91 Å². The van der Waals surface area contributed by atoms with Gasteiger partial charge in [-0.3, -0.25) is 4.79 Å². The topological polar surface area (TPSA) is 81.9 Å². The van der Waals surface area contributed by atoms with Gasteiger partial charge >= 0.3 is 0 Å². The number of ether oxygens (including phenoxy) is 1. The molecule has 0 aliphatic rings. The lowest BCUT2D eigenvalue weighted by Crippen LogP contribution is -2.19. The zero-order valence-corrected chi connectivity index (χ0v) is 18.0. The molecule has 0 spiro atoms. The van der Waals surface area contributed by atoms with Crippen LogP contribution in [0.1, 0.15) is 10.8 Å². The fourth-order valence-corrected chi connectivity index (χ4v) is 4.19. The number of rotatable bonds is 7. The summed E-state index contributed by atoms with van der Waals surface area (Å²) in [4.78, 5) is 13.3. The molecule has 0 bridgehead atoms. The molecule has 9 heteroatoms. The number of carbonyl (C=O) groups excluding carboxylic acids is 1. The molecule has 1 aromatic heterocycles. The number of para-hydroxylation sites is 1. The summed E-state index contributed by atoms with van der Waals surface area (Å²) in [6, 6.07) is 24.1. The minimum Gasteiger partial charge on any atom is -0.495 e. The second-order valence-corrected chi connectivity index (χ2v) is 7.94. The van der Waals surface area contributed by atoms with Crippen LogP contribution in [0.4, 0.5) is 5.69 Å². The van der Waals surface area contributed by atoms with E-state index in [9.17, 15) is 4.79 Å². The van der Waals surface area contributed by atoms with Gasteiger partial charge in [0.25, 0.3) is 0 Å². The summed E-state index contributed by atoms with van der Waals surface area (Å²) in [6.07, 6.45) is 0. The molecule has 1 unspecified atom stereocenters. The first-order valence-corrected chi connectivity index (χ1v) is 10.6. The van der Waals surface area contributed by atoms with E-state index < -0.39 is 5.25 Å².